The Labute approximate surface area is 83.4 Å². The highest BCUT2D eigenvalue weighted by atomic mass is 35.5. The number of benzene rings is 1. The normalized spacial score (nSPS) is 14.5. The zero-order valence-corrected chi connectivity index (χ0v) is 8.36. The van der Waals surface area contributed by atoms with Gasteiger partial charge in [-0.05, 0) is 35.3 Å². The van der Waals surface area contributed by atoms with Gasteiger partial charge in [-0.25, -0.2) is 0 Å². The minimum absolute atomic E-state index is 0.819. The Morgan fingerprint density at radius 2 is 2.31 bits per heavy atom. The highest BCUT2D eigenvalue weighted by Crippen LogP contribution is 2.27. The largest absolute Gasteiger partial charge is 0.387 e. The Morgan fingerprint density at radius 1 is 1.46 bits per heavy atom. The van der Waals surface area contributed by atoms with Gasteiger partial charge in [0, 0.05) is 17.8 Å². The van der Waals surface area contributed by atoms with Crippen molar-refractivity contribution in [1.29, 1.82) is 0 Å². The minimum atomic E-state index is 0.819. The lowest BCUT2D eigenvalue weighted by atomic mass is 9.96. The first-order chi connectivity index (χ1) is 6.31. The van der Waals surface area contributed by atoms with Crippen molar-refractivity contribution in [3.63, 3.8) is 0 Å². The van der Waals surface area contributed by atoms with Gasteiger partial charge in [0.15, 0.2) is 0 Å². The molecule has 0 fully saturated rings. The molecule has 1 nitrogen and oxygen atoms in total. The van der Waals surface area contributed by atoms with Gasteiger partial charge in [-0.2, -0.15) is 0 Å². The molecular weight excluding hydrogens is 182 g/mol. The van der Waals surface area contributed by atoms with Crippen molar-refractivity contribution in [1.82, 2.24) is 5.32 Å². The summed E-state index contributed by atoms with van der Waals surface area (Å²) in [6, 6.07) is 6.08. The molecule has 1 aromatic carbocycles. The van der Waals surface area contributed by atoms with Gasteiger partial charge in [0.25, 0.3) is 0 Å². The molecular formula is C11H12ClN. The Hall–Kier alpha value is -0.950. The fourth-order valence-electron chi connectivity index (χ4n) is 1.66. The minimum Gasteiger partial charge on any atom is -0.387 e. The van der Waals surface area contributed by atoms with Crippen LogP contribution in [0.25, 0.3) is 5.57 Å². The second-order valence-corrected chi connectivity index (χ2v) is 3.64. The maximum absolute atomic E-state index is 5.95. The summed E-state index contributed by atoms with van der Waals surface area (Å²) in [5.74, 6) is 0. The summed E-state index contributed by atoms with van der Waals surface area (Å²) in [5.41, 5.74) is 3.97. The van der Waals surface area contributed by atoms with Gasteiger partial charge in [0.2, 0.25) is 0 Å². The van der Waals surface area contributed by atoms with Crippen LogP contribution in [0.4, 0.5) is 0 Å². The predicted molar refractivity (Wildman–Crippen MR) is 56.6 cm³/mol. The summed E-state index contributed by atoms with van der Waals surface area (Å²) in [5, 5.41) is 4.08. The molecule has 0 spiro atoms. The zero-order valence-electron chi connectivity index (χ0n) is 7.60. The van der Waals surface area contributed by atoms with E-state index in [1.807, 2.05) is 12.1 Å². The fourth-order valence-corrected chi connectivity index (χ4v) is 1.83. The molecule has 0 saturated heterocycles. The third-order valence-corrected chi connectivity index (χ3v) is 2.60. The van der Waals surface area contributed by atoms with Crippen LogP contribution in [0.2, 0.25) is 5.02 Å². The number of fused-ring (bicyclic) bond motifs is 1. The average molecular weight is 194 g/mol. The number of halogens is 1. The standard InChI is InChI=1S/C11H12ClN/c1-2-8-6-13-7-9-3-4-10(12)5-11(8)9/h3-6,13H,2,7H2,1H3. The SMILES string of the molecule is CCC1=CNCc2ccc(Cl)cc21. The van der Waals surface area contributed by atoms with Crippen molar-refractivity contribution in [2.75, 3.05) is 0 Å². The average Bonchev–Trinajstić information content (AvgIpc) is 2.17. The van der Waals surface area contributed by atoms with Gasteiger partial charge < -0.3 is 5.32 Å². The van der Waals surface area contributed by atoms with E-state index in [1.54, 1.807) is 0 Å². The van der Waals surface area contributed by atoms with Crippen LogP contribution in [0.1, 0.15) is 24.5 Å². The topological polar surface area (TPSA) is 12.0 Å². The second-order valence-electron chi connectivity index (χ2n) is 3.21. The predicted octanol–water partition coefficient (Wildman–Crippen LogP) is 3.19. The molecule has 0 amide bonds. The van der Waals surface area contributed by atoms with Crippen molar-refractivity contribution in [3.05, 3.63) is 40.5 Å². The third kappa shape index (κ3) is 1.56. The Morgan fingerprint density at radius 3 is 3.08 bits per heavy atom. The molecule has 1 N–H and O–H groups in total. The van der Waals surface area contributed by atoms with Crippen LogP contribution >= 0.6 is 11.6 Å². The van der Waals surface area contributed by atoms with E-state index in [0.717, 1.165) is 18.0 Å². The molecule has 1 aliphatic rings. The Bertz CT molecular complexity index is 355. The molecule has 0 bridgehead atoms. The van der Waals surface area contributed by atoms with Crippen molar-refractivity contribution in [3.8, 4) is 0 Å². The monoisotopic (exact) mass is 193 g/mol. The Kier molecular flexibility index (Phi) is 2.28. The van der Waals surface area contributed by atoms with E-state index in [0.29, 0.717) is 0 Å². The first kappa shape index (κ1) is 8.64. The molecule has 1 aromatic rings. The molecule has 0 atom stereocenters. The quantitative estimate of drug-likeness (QED) is 0.723. The van der Waals surface area contributed by atoms with Crippen molar-refractivity contribution < 1.29 is 0 Å². The van der Waals surface area contributed by atoms with Crippen molar-refractivity contribution in [2.45, 2.75) is 19.9 Å². The van der Waals surface area contributed by atoms with Crippen LogP contribution in [0.3, 0.4) is 0 Å². The van der Waals surface area contributed by atoms with Gasteiger partial charge in [-0.15, -0.1) is 0 Å². The van der Waals surface area contributed by atoms with Gasteiger partial charge in [0.05, 0.1) is 0 Å². The lowest BCUT2D eigenvalue weighted by Crippen LogP contribution is -2.13. The number of hydrogen-bond donors (Lipinski definition) is 1. The third-order valence-electron chi connectivity index (χ3n) is 2.37. The summed E-state index contributed by atoms with van der Waals surface area (Å²) in [4.78, 5) is 0. The fraction of sp³-hybridized carbons (Fsp3) is 0.273. The highest BCUT2D eigenvalue weighted by Gasteiger charge is 2.10. The first-order valence-electron chi connectivity index (χ1n) is 4.52. The molecule has 0 radical (unpaired) electrons. The van der Waals surface area contributed by atoms with Gasteiger partial charge >= 0.3 is 0 Å². The summed E-state index contributed by atoms with van der Waals surface area (Å²) < 4.78 is 0. The highest BCUT2D eigenvalue weighted by molar-refractivity contribution is 6.30. The number of hydrogen-bond acceptors (Lipinski definition) is 1. The molecule has 1 aliphatic heterocycles. The molecule has 13 heavy (non-hydrogen) atoms. The van der Waals surface area contributed by atoms with Crippen LogP contribution in [-0.2, 0) is 6.54 Å². The smallest absolute Gasteiger partial charge is 0.0412 e. The van der Waals surface area contributed by atoms with E-state index in [9.17, 15) is 0 Å². The van der Waals surface area contributed by atoms with Gasteiger partial charge in [0.1, 0.15) is 0 Å². The Balaban J connectivity index is 2.51. The summed E-state index contributed by atoms with van der Waals surface area (Å²) in [6.07, 6.45) is 3.12. The summed E-state index contributed by atoms with van der Waals surface area (Å²) in [7, 11) is 0. The molecule has 68 valence electrons. The van der Waals surface area contributed by atoms with Crippen molar-refractivity contribution >= 4 is 17.2 Å². The molecule has 0 unspecified atom stereocenters. The lowest BCUT2D eigenvalue weighted by molar-refractivity contribution is 0.845. The number of nitrogens with one attached hydrogen (secondary N) is 1. The molecule has 1 heterocycles. The van der Waals surface area contributed by atoms with E-state index in [2.05, 4.69) is 24.5 Å². The van der Waals surface area contributed by atoms with Crippen LogP contribution in [0, 0.1) is 0 Å². The van der Waals surface area contributed by atoms with E-state index < -0.39 is 0 Å². The van der Waals surface area contributed by atoms with Gasteiger partial charge in [-0.3, -0.25) is 0 Å². The second kappa shape index (κ2) is 3.43. The molecule has 2 rings (SSSR count). The molecule has 0 saturated carbocycles. The lowest BCUT2D eigenvalue weighted by Gasteiger charge is -2.18. The molecule has 0 aromatic heterocycles. The summed E-state index contributed by atoms with van der Waals surface area (Å²) in [6.45, 7) is 3.07. The van der Waals surface area contributed by atoms with E-state index in [4.69, 9.17) is 11.6 Å². The van der Waals surface area contributed by atoms with Crippen LogP contribution in [0.5, 0.6) is 0 Å². The zero-order chi connectivity index (χ0) is 9.26. The molecule has 2 heteroatoms. The van der Waals surface area contributed by atoms with E-state index in [1.165, 1.54) is 16.7 Å². The number of rotatable bonds is 1. The molecule has 0 aliphatic carbocycles. The number of allylic oxidation sites excluding steroid dienone is 1. The van der Waals surface area contributed by atoms with Crippen LogP contribution < -0.4 is 5.32 Å². The maximum atomic E-state index is 5.95. The van der Waals surface area contributed by atoms with Crippen molar-refractivity contribution in [2.24, 2.45) is 0 Å². The van der Waals surface area contributed by atoms with E-state index in [-0.39, 0.29) is 0 Å². The van der Waals surface area contributed by atoms with E-state index >= 15 is 0 Å². The maximum Gasteiger partial charge on any atom is 0.0412 e. The summed E-state index contributed by atoms with van der Waals surface area (Å²) >= 11 is 5.95. The van der Waals surface area contributed by atoms with Crippen LogP contribution in [0.15, 0.2) is 24.4 Å². The van der Waals surface area contributed by atoms with Crippen LogP contribution in [-0.4, -0.2) is 0 Å². The first-order valence-corrected chi connectivity index (χ1v) is 4.90. The van der Waals surface area contributed by atoms with Gasteiger partial charge in [-0.1, -0.05) is 24.6 Å².